The first-order valence-corrected chi connectivity index (χ1v) is 7.60. The minimum atomic E-state index is 0.135. The third-order valence-electron chi connectivity index (χ3n) is 3.24. The lowest BCUT2D eigenvalue weighted by molar-refractivity contribution is 0.408. The summed E-state index contributed by atoms with van der Waals surface area (Å²) in [5.41, 5.74) is 0. The molecule has 0 radical (unpaired) electrons. The van der Waals surface area contributed by atoms with Gasteiger partial charge in [-0.3, -0.25) is 0 Å². The summed E-state index contributed by atoms with van der Waals surface area (Å²) in [6, 6.07) is 2.07. The van der Waals surface area contributed by atoms with E-state index in [1.807, 2.05) is 0 Å². The second-order valence-corrected chi connectivity index (χ2v) is 7.25. The van der Waals surface area contributed by atoms with Crippen molar-refractivity contribution in [2.75, 3.05) is 0 Å². The van der Waals surface area contributed by atoms with Gasteiger partial charge in [-0.05, 0) is 40.3 Å². The highest BCUT2D eigenvalue weighted by Gasteiger charge is 2.31. The summed E-state index contributed by atoms with van der Waals surface area (Å²) in [4.78, 5) is 1.20. The Labute approximate surface area is 113 Å². The maximum Gasteiger partial charge on any atom is 0.107 e. The molecule has 0 saturated heterocycles. The average Bonchev–Trinajstić information content (AvgIpc) is 2.74. The Morgan fingerprint density at radius 1 is 1.53 bits per heavy atom. The van der Waals surface area contributed by atoms with Crippen LogP contribution in [0, 0.1) is 11.8 Å². The van der Waals surface area contributed by atoms with E-state index < -0.39 is 0 Å². The van der Waals surface area contributed by atoms with Crippen LogP contribution in [0.25, 0.3) is 0 Å². The molecule has 1 aromatic rings. The zero-order chi connectivity index (χ0) is 11.0. The van der Waals surface area contributed by atoms with Crippen LogP contribution in [0.3, 0.4) is 0 Å². The molecule has 15 heavy (non-hydrogen) atoms. The van der Waals surface area contributed by atoms with Crippen molar-refractivity contribution in [3.05, 3.63) is 19.8 Å². The molecule has 0 aromatic carbocycles. The quantitative estimate of drug-likeness (QED) is 0.595. The average molecular weight is 328 g/mol. The lowest BCUT2D eigenvalue weighted by Crippen LogP contribution is -2.09. The van der Waals surface area contributed by atoms with E-state index in [4.69, 9.17) is 23.2 Å². The molecule has 1 aliphatic carbocycles. The van der Waals surface area contributed by atoms with Crippen LogP contribution in [-0.4, -0.2) is 0 Å². The molecule has 3 unspecified atom stereocenters. The molecule has 1 fully saturated rings. The van der Waals surface area contributed by atoms with Gasteiger partial charge in [-0.25, -0.2) is 0 Å². The highest BCUT2D eigenvalue weighted by molar-refractivity contribution is 9.10. The van der Waals surface area contributed by atoms with E-state index in [1.165, 1.54) is 24.1 Å². The van der Waals surface area contributed by atoms with Gasteiger partial charge < -0.3 is 0 Å². The molecule has 0 aliphatic heterocycles. The lowest BCUT2D eigenvalue weighted by Gasteiger charge is -2.20. The van der Waals surface area contributed by atoms with Crippen molar-refractivity contribution in [1.82, 2.24) is 0 Å². The summed E-state index contributed by atoms with van der Waals surface area (Å²) in [6.07, 6.45) is 3.88. The van der Waals surface area contributed by atoms with Gasteiger partial charge in [0.15, 0.2) is 0 Å². The molecule has 0 spiro atoms. The first kappa shape index (κ1) is 12.2. The molecular formula is C11H13BrCl2S. The van der Waals surface area contributed by atoms with E-state index in [9.17, 15) is 0 Å². The van der Waals surface area contributed by atoms with Gasteiger partial charge in [0.05, 0.1) is 5.38 Å². The Hall–Kier alpha value is 0.760. The van der Waals surface area contributed by atoms with Crippen LogP contribution >= 0.6 is 50.5 Å². The number of alkyl halides is 1. The van der Waals surface area contributed by atoms with Gasteiger partial charge in [0.1, 0.15) is 4.34 Å². The van der Waals surface area contributed by atoms with Crippen molar-refractivity contribution in [3.8, 4) is 0 Å². The number of thiophene rings is 1. The molecule has 84 valence electrons. The monoisotopic (exact) mass is 326 g/mol. The van der Waals surface area contributed by atoms with Crippen molar-refractivity contribution in [3.63, 3.8) is 0 Å². The minimum Gasteiger partial charge on any atom is -0.126 e. The molecular weight excluding hydrogens is 315 g/mol. The normalized spacial score (nSPS) is 28.3. The van der Waals surface area contributed by atoms with Gasteiger partial charge in [-0.15, -0.1) is 22.9 Å². The molecule has 1 aromatic heterocycles. The Morgan fingerprint density at radius 2 is 2.27 bits per heavy atom. The van der Waals surface area contributed by atoms with Crippen LogP contribution in [0.15, 0.2) is 10.5 Å². The van der Waals surface area contributed by atoms with E-state index in [1.54, 1.807) is 11.3 Å². The Balaban J connectivity index is 2.16. The predicted molar refractivity (Wildman–Crippen MR) is 72.1 cm³/mol. The van der Waals surface area contributed by atoms with E-state index in [-0.39, 0.29) is 5.38 Å². The molecule has 4 heteroatoms. The van der Waals surface area contributed by atoms with Gasteiger partial charge in [-0.2, -0.15) is 0 Å². The summed E-state index contributed by atoms with van der Waals surface area (Å²) >= 11 is 17.6. The number of hydrogen-bond acceptors (Lipinski definition) is 1. The fourth-order valence-corrected chi connectivity index (χ4v) is 4.68. The van der Waals surface area contributed by atoms with E-state index in [2.05, 4.69) is 28.9 Å². The maximum absolute atomic E-state index is 6.52. The fraction of sp³-hybridized carbons (Fsp3) is 0.636. The third-order valence-corrected chi connectivity index (χ3v) is 6.49. The molecule has 0 N–H and O–H groups in total. The zero-order valence-electron chi connectivity index (χ0n) is 8.47. The molecule has 1 aliphatic rings. The van der Waals surface area contributed by atoms with Crippen LogP contribution < -0.4 is 0 Å². The highest BCUT2D eigenvalue weighted by Crippen LogP contribution is 2.47. The van der Waals surface area contributed by atoms with Crippen molar-refractivity contribution < 1.29 is 0 Å². The van der Waals surface area contributed by atoms with Crippen molar-refractivity contribution in [2.24, 2.45) is 11.8 Å². The smallest absolute Gasteiger partial charge is 0.107 e. The summed E-state index contributed by atoms with van der Waals surface area (Å²) < 4.78 is 1.78. The second kappa shape index (κ2) is 4.95. The second-order valence-electron chi connectivity index (χ2n) is 4.24. The molecule has 0 nitrogen and oxygen atoms in total. The van der Waals surface area contributed by atoms with Gasteiger partial charge in [0.25, 0.3) is 0 Å². The standard InChI is InChI=1S/C11H13BrCl2S/c1-6-3-2-4-7(6)10(13)9-5-8(12)11(14)15-9/h5-7,10H,2-4H2,1H3. The zero-order valence-corrected chi connectivity index (χ0v) is 12.4. The summed E-state index contributed by atoms with van der Waals surface area (Å²) in [5.74, 6) is 1.36. The minimum absolute atomic E-state index is 0.135. The summed E-state index contributed by atoms with van der Waals surface area (Å²) in [7, 11) is 0. The number of hydrogen-bond donors (Lipinski definition) is 0. The molecule has 2 rings (SSSR count). The van der Waals surface area contributed by atoms with Gasteiger partial charge in [-0.1, -0.05) is 31.4 Å². The van der Waals surface area contributed by atoms with Crippen LogP contribution in [0.2, 0.25) is 4.34 Å². The molecule has 1 heterocycles. The first-order valence-electron chi connectivity index (χ1n) is 5.18. The van der Waals surface area contributed by atoms with E-state index in [0.29, 0.717) is 5.92 Å². The van der Waals surface area contributed by atoms with Crippen LogP contribution in [0.1, 0.15) is 36.4 Å². The lowest BCUT2D eigenvalue weighted by atomic mass is 9.93. The molecule has 0 amide bonds. The SMILES string of the molecule is CC1CCCC1C(Cl)c1cc(Br)c(Cl)s1. The highest BCUT2D eigenvalue weighted by atomic mass is 79.9. The van der Waals surface area contributed by atoms with E-state index in [0.717, 1.165) is 14.7 Å². The van der Waals surface area contributed by atoms with Crippen LogP contribution in [0.4, 0.5) is 0 Å². The first-order chi connectivity index (χ1) is 7.09. The summed E-state index contributed by atoms with van der Waals surface area (Å²) in [6.45, 7) is 2.30. The van der Waals surface area contributed by atoms with E-state index >= 15 is 0 Å². The van der Waals surface area contributed by atoms with Crippen LogP contribution in [-0.2, 0) is 0 Å². The van der Waals surface area contributed by atoms with Gasteiger partial charge in [0.2, 0.25) is 0 Å². The largest absolute Gasteiger partial charge is 0.126 e. The Morgan fingerprint density at radius 3 is 2.73 bits per heavy atom. The van der Waals surface area contributed by atoms with Crippen molar-refractivity contribution in [2.45, 2.75) is 31.6 Å². The molecule has 1 saturated carbocycles. The number of rotatable bonds is 2. The van der Waals surface area contributed by atoms with Crippen molar-refractivity contribution in [1.29, 1.82) is 0 Å². The number of halogens is 3. The van der Waals surface area contributed by atoms with Crippen molar-refractivity contribution >= 4 is 50.5 Å². The Kier molecular flexibility index (Phi) is 4.03. The summed E-state index contributed by atoms with van der Waals surface area (Å²) in [5, 5.41) is 0.135. The fourth-order valence-electron chi connectivity index (χ4n) is 2.32. The molecule has 3 atom stereocenters. The van der Waals surface area contributed by atoms with Crippen LogP contribution in [0.5, 0.6) is 0 Å². The van der Waals surface area contributed by atoms with Gasteiger partial charge in [0, 0.05) is 9.35 Å². The predicted octanol–water partition coefficient (Wildman–Crippen LogP) is 5.88. The maximum atomic E-state index is 6.52. The molecule has 0 bridgehead atoms. The topological polar surface area (TPSA) is 0 Å². The van der Waals surface area contributed by atoms with Gasteiger partial charge >= 0.3 is 0 Å². The Bertz CT molecular complexity index is 331. The third kappa shape index (κ3) is 2.54.